The Morgan fingerprint density at radius 2 is 2.06 bits per heavy atom. The summed E-state index contributed by atoms with van der Waals surface area (Å²) in [5.41, 5.74) is 0.463. The highest BCUT2D eigenvalue weighted by atomic mass is 19.1. The molecule has 0 unspecified atom stereocenters. The molecule has 3 rings (SSSR count). The van der Waals surface area contributed by atoms with E-state index in [9.17, 15) is 18.7 Å². The SMILES string of the molecule is C[C@@H](CF)Nc1cc(-c2cnc3cc(C#N)cnn23)ncc1C(=O)NC[C@@H](F)C(C)(C)O. The van der Waals surface area contributed by atoms with Crippen molar-refractivity contribution in [2.75, 3.05) is 18.5 Å². The second kappa shape index (κ2) is 9.23. The van der Waals surface area contributed by atoms with Crippen LogP contribution in [0.3, 0.4) is 0 Å². The van der Waals surface area contributed by atoms with Crippen molar-refractivity contribution in [3.05, 3.63) is 41.9 Å². The molecule has 3 aromatic heterocycles. The van der Waals surface area contributed by atoms with Crippen LogP contribution >= 0.6 is 0 Å². The number of halogens is 2. The van der Waals surface area contributed by atoms with Gasteiger partial charge in [-0.3, -0.25) is 9.78 Å². The molecule has 9 nitrogen and oxygen atoms in total. The molecular formula is C21H23F2N7O2. The standard InChI is InChI=1S/C21H23F2N7O2/c1-12(6-22)29-15-5-16(17-10-26-19-4-13(7-24)8-28-30(17)19)25-9-14(15)20(31)27-11-18(23)21(2,3)32/h4-5,8-10,12,18,32H,6,11H2,1-3H3,(H,25,29)(H,27,31)/t12-,18+/m0/s1. The van der Waals surface area contributed by atoms with E-state index in [0.717, 1.165) is 0 Å². The maximum Gasteiger partial charge on any atom is 0.255 e. The number of nitrogens with one attached hydrogen (secondary N) is 2. The maximum absolute atomic E-state index is 14.0. The molecule has 0 spiro atoms. The summed E-state index contributed by atoms with van der Waals surface area (Å²) in [5.74, 6) is -0.626. The first-order valence-corrected chi connectivity index (χ1v) is 9.85. The number of nitriles is 1. The summed E-state index contributed by atoms with van der Waals surface area (Å²) in [4.78, 5) is 21.2. The number of hydrogen-bond acceptors (Lipinski definition) is 7. The average molecular weight is 443 g/mol. The molecule has 0 aliphatic heterocycles. The Hall–Kier alpha value is -3.65. The van der Waals surface area contributed by atoms with E-state index in [1.54, 1.807) is 19.1 Å². The van der Waals surface area contributed by atoms with E-state index in [-0.39, 0.29) is 5.56 Å². The Labute approximate surface area is 183 Å². The average Bonchev–Trinajstić information content (AvgIpc) is 3.19. The molecule has 0 aliphatic carbocycles. The summed E-state index contributed by atoms with van der Waals surface area (Å²) in [6.07, 6.45) is 2.52. The quantitative estimate of drug-likeness (QED) is 0.487. The molecule has 2 atom stereocenters. The summed E-state index contributed by atoms with van der Waals surface area (Å²) in [6.45, 7) is 3.13. The van der Waals surface area contributed by atoms with Crippen LogP contribution in [-0.2, 0) is 0 Å². The highest BCUT2D eigenvalue weighted by molar-refractivity contribution is 6.00. The maximum atomic E-state index is 14.0. The van der Waals surface area contributed by atoms with Gasteiger partial charge < -0.3 is 15.7 Å². The van der Waals surface area contributed by atoms with Crippen LogP contribution in [0.2, 0.25) is 0 Å². The number of hydrogen-bond donors (Lipinski definition) is 3. The molecular weight excluding hydrogens is 420 g/mol. The van der Waals surface area contributed by atoms with Crippen LogP contribution in [0.1, 0.15) is 36.7 Å². The van der Waals surface area contributed by atoms with Crippen molar-refractivity contribution in [1.29, 1.82) is 5.26 Å². The predicted octanol–water partition coefficient (Wildman–Crippen LogP) is 2.27. The molecule has 0 saturated heterocycles. The van der Waals surface area contributed by atoms with Crippen molar-refractivity contribution >= 4 is 17.2 Å². The highest BCUT2D eigenvalue weighted by Crippen LogP contribution is 2.25. The van der Waals surface area contributed by atoms with E-state index >= 15 is 0 Å². The molecule has 0 aromatic carbocycles. The van der Waals surface area contributed by atoms with Crippen LogP contribution in [0.25, 0.3) is 17.0 Å². The molecule has 3 aromatic rings. The van der Waals surface area contributed by atoms with Crippen LogP contribution in [0.15, 0.2) is 30.7 Å². The van der Waals surface area contributed by atoms with Gasteiger partial charge >= 0.3 is 0 Å². The molecule has 0 radical (unpaired) electrons. The Bertz CT molecular complexity index is 1170. The number of alkyl halides is 2. The lowest BCUT2D eigenvalue weighted by Gasteiger charge is -2.23. The Morgan fingerprint density at radius 3 is 2.72 bits per heavy atom. The molecule has 32 heavy (non-hydrogen) atoms. The molecule has 0 aliphatic rings. The third-order valence-corrected chi connectivity index (χ3v) is 4.74. The third kappa shape index (κ3) is 4.97. The van der Waals surface area contributed by atoms with E-state index in [1.165, 1.54) is 37.0 Å². The first kappa shape index (κ1) is 23.0. The smallest absolute Gasteiger partial charge is 0.255 e. The van der Waals surface area contributed by atoms with Crippen molar-refractivity contribution in [3.8, 4) is 17.5 Å². The summed E-state index contributed by atoms with van der Waals surface area (Å²) in [6, 6.07) is 4.51. The zero-order valence-electron chi connectivity index (χ0n) is 17.8. The lowest BCUT2D eigenvalue weighted by atomic mass is 10.0. The number of nitrogens with zero attached hydrogens (tertiary/aromatic N) is 5. The second-order valence-electron chi connectivity index (χ2n) is 7.92. The lowest BCUT2D eigenvalue weighted by molar-refractivity contribution is -0.00177. The van der Waals surface area contributed by atoms with Crippen molar-refractivity contribution in [2.45, 2.75) is 38.6 Å². The van der Waals surface area contributed by atoms with Crippen LogP contribution < -0.4 is 10.6 Å². The van der Waals surface area contributed by atoms with Gasteiger partial charge in [0.2, 0.25) is 0 Å². The first-order valence-electron chi connectivity index (χ1n) is 9.85. The van der Waals surface area contributed by atoms with Gasteiger partial charge in [0.25, 0.3) is 5.91 Å². The number of aliphatic hydroxyl groups is 1. The zero-order chi connectivity index (χ0) is 23.5. The van der Waals surface area contributed by atoms with E-state index in [1.807, 2.05) is 6.07 Å². The topological polar surface area (TPSA) is 128 Å². The number of imidazole rings is 1. The fourth-order valence-corrected chi connectivity index (χ4v) is 2.84. The molecule has 0 saturated carbocycles. The number of amides is 1. The van der Waals surface area contributed by atoms with Gasteiger partial charge in [-0.05, 0) is 26.8 Å². The predicted molar refractivity (Wildman–Crippen MR) is 114 cm³/mol. The van der Waals surface area contributed by atoms with Crippen molar-refractivity contribution < 1.29 is 18.7 Å². The van der Waals surface area contributed by atoms with Gasteiger partial charge in [0.15, 0.2) is 5.65 Å². The first-order chi connectivity index (χ1) is 15.1. The minimum absolute atomic E-state index is 0.0885. The van der Waals surface area contributed by atoms with Gasteiger partial charge in [-0.25, -0.2) is 18.3 Å². The van der Waals surface area contributed by atoms with Crippen LogP contribution in [0.4, 0.5) is 14.5 Å². The van der Waals surface area contributed by atoms with Gasteiger partial charge in [-0.15, -0.1) is 0 Å². The second-order valence-corrected chi connectivity index (χ2v) is 7.92. The number of carbonyl (C=O) groups is 1. The summed E-state index contributed by atoms with van der Waals surface area (Å²) >= 11 is 0. The van der Waals surface area contributed by atoms with E-state index in [0.29, 0.717) is 28.3 Å². The van der Waals surface area contributed by atoms with E-state index in [2.05, 4.69) is 25.7 Å². The minimum atomic E-state index is -1.68. The minimum Gasteiger partial charge on any atom is -0.387 e. The van der Waals surface area contributed by atoms with Gasteiger partial charge in [0, 0.05) is 12.3 Å². The zero-order valence-corrected chi connectivity index (χ0v) is 17.8. The van der Waals surface area contributed by atoms with Gasteiger partial charge in [0.1, 0.15) is 24.6 Å². The molecule has 1 amide bonds. The molecule has 3 N–H and O–H groups in total. The number of anilines is 1. The number of pyridine rings is 1. The Balaban J connectivity index is 1.95. The summed E-state index contributed by atoms with van der Waals surface area (Å²) < 4.78 is 28.6. The Morgan fingerprint density at radius 1 is 1.31 bits per heavy atom. The molecule has 0 bridgehead atoms. The van der Waals surface area contributed by atoms with Crippen LogP contribution in [0.5, 0.6) is 0 Å². The summed E-state index contributed by atoms with van der Waals surface area (Å²) in [7, 11) is 0. The molecule has 11 heteroatoms. The third-order valence-electron chi connectivity index (χ3n) is 4.74. The van der Waals surface area contributed by atoms with Crippen molar-refractivity contribution in [2.24, 2.45) is 0 Å². The van der Waals surface area contributed by atoms with Crippen LogP contribution in [-0.4, -0.2) is 61.6 Å². The van der Waals surface area contributed by atoms with Gasteiger partial charge in [0.05, 0.1) is 53.1 Å². The van der Waals surface area contributed by atoms with Crippen molar-refractivity contribution in [1.82, 2.24) is 24.9 Å². The molecule has 168 valence electrons. The van der Waals surface area contributed by atoms with E-state index < -0.39 is 36.9 Å². The number of carbonyl (C=O) groups excluding carboxylic acids is 1. The number of fused-ring (bicyclic) bond motifs is 1. The monoisotopic (exact) mass is 443 g/mol. The van der Waals surface area contributed by atoms with E-state index in [4.69, 9.17) is 5.26 Å². The van der Waals surface area contributed by atoms with Crippen LogP contribution in [0, 0.1) is 11.3 Å². The normalized spacial score (nSPS) is 13.4. The molecule has 0 fully saturated rings. The largest absolute Gasteiger partial charge is 0.387 e. The number of aromatic nitrogens is 4. The number of rotatable bonds is 8. The highest BCUT2D eigenvalue weighted by Gasteiger charge is 2.27. The van der Waals surface area contributed by atoms with Crippen molar-refractivity contribution in [3.63, 3.8) is 0 Å². The fraction of sp³-hybridized carbons (Fsp3) is 0.381. The van der Waals surface area contributed by atoms with Gasteiger partial charge in [-0.1, -0.05) is 0 Å². The van der Waals surface area contributed by atoms with Gasteiger partial charge in [-0.2, -0.15) is 10.4 Å². The lowest BCUT2D eigenvalue weighted by Crippen LogP contribution is -2.42. The Kier molecular flexibility index (Phi) is 6.64. The fourth-order valence-electron chi connectivity index (χ4n) is 2.84. The summed E-state index contributed by atoms with van der Waals surface area (Å²) in [5, 5.41) is 28.3. The molecule has 3 heterocycles.